The van der Waals surface area contributed by atoms with Crippen LogP contribution in [0.3, 0.4) is 0 Å². The Morgan fingerprint density at radius 3 is 2.70 bits per heavy atom. The van der Waals surface area contributed by atoms with Gasteiger partial charge in [-0.3, -0.25) is 0 Å². The highest BCUT2D eigenvalue weighted by atomic mass is 16.5. The van der Waals surface area contributed by atoms with Crippen LogP contribution in [0.25, 0.3) is 0 Å². The second kappa shape index (κ2) is 6.01. The quantitative estimate of drug-likeness (QED) is 0.670. The zero-order chi connectivity index (χ0) is 14.5. The largest absolute Gasteiger partial charge is 0.464 e. The Morgan fingerprint density at radius 1 is 1.30 bits per heavy atom. The number of hydrogen-bond donors (Lipinski definition) is 1. The smallest absolute Gasteiger partial charge is 0.358 e. The van der Waals surface area contributed by atoms with E-state index in [2.05, 4.69) is 14.9 Å². The molecule has 0 saturated heterocycles. The fourth-order valence-corrected chi connectivity index (χ4v) is 1.79. The van der Waals surface area contributed by atoms with Crippen molar-refractivity contribution in [3.05, 3.63) is 47.7 Å². The van der Waals surface area contributed by atoms with Crippen LogP contribution in [0.1, 0.15) is 16.1 Å². The molecule has 1 aromatic heterocycles. The maximum atomic E-state index is 11.3. The van der Waals surface area contributed by atoms with Crippen molar-refractivity contribution in [3.8, 4) is 0 Å². The van der Waals surface area contributed by atoms with E-state index in [0.29, 0.717) is 12.4 Å². The molecule has 6 heteroatoms. The lowest BCUT2D eigenvalue weighted by Gasteiger charge is -2.17. The summed E-state index contributed by atoms with van der Waals surface area (Å²) in [6.45, 7) is 0.650. The minimum Gasteiger partial charge on any atom is -0.464 e. The second-order valence-corrected chi connectivity index (χ2v) is 4.37. The number of esters is 1. The first kappa shape index (κ1) is 13.8. The molecule has 2 N–H and O–H groups in total. The van der Waals surface area contributed by atoms with Gasteiger partial charge in [0.2, 0.25) is 0 Å². The molecule has 0 fully saturated rings. The standard InChI is InChI=1S/C14H16N4O2/c1-18(9-10-4-3-5-11(15)8-10)13-7-6-12(16-17-13)14(19)20-2/h3-8H,9,15H2,1-2H3. The predicted molar refractivity (Wildman–Crippen MR) is 76.3 cm³/mol. The van der Waals surface area contributed by atoms with Gasteiger partial charge < -0.3 is 15.4 Å². The highest BCUT2D eigenvalue weighted by Crippen LogP contribution is 2.14. The molecule has 2 rings (SSSR count). The van der Waals surface area contributed by atoms with Gasteiger partial charge >= 0.3 is 5.97 Å². The van der Waals surface area contributed by atoms with E-state index < -0.39 is 5.97 Å². The fraction of sp³-hybridized carbons (Fsp3) is 0.214. The summed E-state index contributed by atoms with van der Waals surface area (Å²) in [5, 5.41) is 7.85. The Balaban J connectivity index is 2.09. The number of nitrogens with zero attached hydrogens (tertiary/aromatic N) is 3. The van der Waals surface area contributed by atoms with E-state index in [9.17, 15) is 4.79 Å². The second-order valence-electron chi connectivity index (χ2n) is 4.37. The summed E-state index contributed by atoms with van der Waals surface area (Å²) in [5.41, 5.74) is 7.73. The van der Waals surface area contributed by atoms with Crippen molar-refractivity contribution in [2.75, 3.05) is 24.8 Å². The number of anilines is 2. The van der Waals surface area contributed by atoms with Crippen molar-refractivity contribution >= 4 is 17.5 Å². The lowest BCUT2D eigenvalue weighted by Crippen LogP contribution is -2.19. The van der Waals surface area contributed by atoms with Gasteiger partial charge in [-0.15, -0.1) is 10.2 Å². The molecule has 1 aromatic carbocycles. The Morgan fingerprint density at radius 2 is 2.10 bits per heavy atom. The molecule has 1 heterocycles. The maximum Gasteiger partial charge on any atom is 0.358 e. The van der Waals surface area contributed by atoms with Crippen molar-refractivity contribution in [3.63, 3.8) is 0 Å². The lowest BCUT2D eigenvalue weighted by molar-refractivity contribution is 0.0592. The first-order chi connectivity index (χ1) is 9.60. The minimum atomic E-state index is -0.498. The monoisotopic (exact) mass is 272 g/mol. The first-order valence-corrected chi connectivity index (χ1v) is 6.08. The predicted octanol–water partition coefficient (Wildman–Crippen LogP) is 1.48. The minimum absolute atomic E-state index is 0.189. The van der Waals surface area contributed by atoms with Crippen LogP contribution in [0.5, 0.6) is 0 Å². The molecule has 20 heavy (non-hydrogen) atoms. The number of hydrogen-bond acceptors (Lipinski definition) is 6. The Kier molecular flexibility index (Phi) is 4.14. The normalized spacial score (nSPS) is 10.1. The van der Waals surface area contributed by atoms with E-state index in [1.807, 2.05) is 36.2 Å². The summed E-state index contributed by atoms with van der Waals surface area (Å²) < 4.78 is 4.58. The van der Waals surface area contributed by atoms with Crippen LogP contribution in [-0.2, 0) is 11.3 Å². The number of methoxy groups -OCH3 is 1. The molecular formula is C14H16N4O2. The Labute approximate surface area is 117 Å². The Hall–Kier alpha value is -2.63. The molecule has 0 aliphatic rings. The molecule has 2 aromatic rings. The van der Waals surface area contributed by atoms with Gasteiger partial charge in [-0.2, -0.15) is 0 Å². The lowest BCUT2D eigenvalue weighted by atomic mass is 10.2. The van der Waals surface area contributed by atoms with Crippen molar-refractivity contribution in [1.82, 2.24) is 10.2 Å². The summed E-state index contributed by atoms with van der Waals surface area (Å²) in [6, 6.07) is 11.0. The molecule has 0 bridgehead atoms. The highest BCUT2D eigenvalue weighted by molar-refractivity contribution is 5.86. The zero-order valence-corrected chi connectivity index (χ0v) is 11.4. The molecule has 0 aliphatic carbocycles. The van der Waals surface area contributed by atoms with E-state index in [4.69, 9.17) is 5.73 Å². The van der Waals surface area contributed by atoms with Gasteiger partial charge in [0.15, 0.2) is 11.5 Å². The third-order valence-corrected chi connectivity index (χ3v) is 2.81. The SMILES string of the molecule is COC(=O)c1ccc(N(C)Cc2cccc(N)c2)nn1. The molecule has 0 amide bonds. The van der Waals surface area contributed by atoms with Crippen molar-refractivity contribution in [2.24, 2.45) is 0 Å². The van der Waals surface area contributed by atoms with Crippen LogP contribution in [0.15, 0.2) is 36.4 Å². The fourth-order valence-electron chi connectivity index (χ4n) is 1.79. The molecule has 6 nitrogen and oxygen atoms in total. The van der Waals surface area contributed by atoms with Gasteiger partial charge in [0.05, 0.1) is 7.11 Å². The topological polar surface area (TPSA) is 81.3 Å². The molecule has 0 spiro atoms. The summed E-state index contributed by atoms with van der Waals surface area (Å²) in [7, 11) is 3.20. The molecular weight excluding hydrogens is 256 g/mol. The van der Waals surface area contributed by atoms with Crippen LogP contribution in [0.2, 0.25) is 0 Å². The van der Waals surface area contributed by atoms with E-state index in [1.54, 1.807) is 12.1 Å². The number of nitrogens with two attached hydrogens (primary N) is 1. The number of ether oxygens (including phenoxy) is 1. The third-order valence-electron chi connectivity index (χ3n) is 2.81. The molecule has 0 unspecified atom stereocenters. The van der Waals surface area contributed by atoms with E-state index in [-0.39, 0.29) is 5.69 Å². The average molecular weight is 272 g/mol. The van der Waals surface area contributed by atoms with Gasteiger partial charge in [0.1, 0.15) is 0 Å². The number of benzene rings is 1. The zero-order valence-electron chi connectivity index (χ0n) is 11.4. The van der Waals surface area contributed by atoms with Crippen LogP contribution in [0, 0.1) is 0 Å². The number of nitrogen functional groups attached to an aromatic ring is 1. The van der Waals surface area contributed by atoms with Crippen LogP contribution in [-0.4, -0.2) is 30.3 Å². The van der Waals surface area contributed by atoms with E-state index in [0.717, 1.165) is 11.3 Å². The third kappa shape index (κ3) is 3.23. The van der Waals surface area contributed by atoms with Crippen molar-refractivity contribution < 1.29 is 9.53 Å². The summed E-state index contributed by atoms with van der Waals surface area (Å²) >= 11 is 0. The van der Waals surface area contributed by atoms with E-state index >= 15 is 0 Å². The number of carbonyl (C=O) groups is 1. The van der Waals surface area contributed by atoms with E-state index in [1.165, 1.54) is 7.11 Å². The molecule has 104 valence electrons. The summed E-state index contributed by atoms with van der Waals surface area (Å²) in [5.74, 6) is 0.169. The van der Waals surface area contributed by atoms with Crippen LogP contribution in [0.4, 0.5) is 11.5 Å². The Bertz CT molecular complexity index is 598. The summed E-state index contributed by atoms with van der Waals surface area (Å²) in [6.07, 6.45) is 0. The molecule has 0 aliphatic heterocycles. The summed E-state index contributed by atoms with van der Waals surface area (Å²) in [4.78, 5) is 13.2. The van der Waals surface area contributed by atoms with Gasteiger partial charge in [-0.25, -0.2) is 4.79 Å². The van der Waals surface area contributed by atoms with Gasteiger partial charge in [0, 0.05) is 19.3 Å². The highest BCUT2D eigenvalue weighted by Gasteiger charge is 2.09. The van der Waals surface area contributed by atoms with Gasteiger partial charge in [-0.1, -0.05) is 12.1 Å². The maximum absolute atomic E-state index is 11.3. The number of aromatic nitrogens is 2. The van der Waals surface area contributed by atoms with Crippen molar-refractivity contribution in [1.29, 1.82) is 0 Å². The van der Waals surface area contributed by atoms with Crippen molar-refractivity contribution in [2.45, 2.75) is 6.54 Å². The van der Waals surface area contributed by atoms with Crippen LogP contribution < -0.4 is 10.6 Å². The average Bonchev–Trinajstić information content (AvgIpc) is 2.46. The molecule has 0 saturated carbocycles. The number of rotatable bonds is 4. The first-order valence-electron chi connectivity index (χ1n) is 6.08. The number of carbonyl (C=O) groups excluding carboxylic acids is 1. The van der Waals surface area contributed by atoms with Crippen LogP contribution >= 0.6 is 0 Å². The molecule has 0 atom stereocenters. The van der Waals surface area contributed by atoms with Gasteiger partial charge in [-0.05, 0) is 29.8 Å². The molecule has 0 radical (unpaired) electrons. The van der Waals surface area contributed by atoms with Gasteiger partial charge in [0.25, 0.3) is 0 Å².